The lowest BCUT2D eigenvalue weighted by molar-refractivity contribution is 0.324. The van der Waals surface area contributed by atoms with Gasteiger partial charge in [-0.1, -0.05) is 50.5 Å². The second kappa shape index (κ2) is 8.71. The van der Waals surface area contributed by atoms with Gasteiger partial charge in [0.2, 0.25) is 0 Å². The minimum atomic E-state index is 0.806. The quantitative estimate of drug-likeness (QED) is 0.446. The molecule has 0 amide bonds. The average Bonchev–Trinajstić information content (AvgIpc) is 3.54. The maximum Gasteiger partial charge on any atom is -0.0165 e. The molecule has 0 aromatic rings. The third-order valence-corrected chi connectivity index (χ3v) is 9.14. The highest BCUT2D eigenvalue weighted by Crippen LogP contribution is 2.49. The fraction of sp³-hybridized carbons (Fsp3) is 0.778. The minimum absolute atomic E-state index is 0.806. The lowest BCUT2D eigenvalue weighted by Crippen LogP contribution is -2.08. The Morgan fingerprint density at radius 2 is 1.44 bits per heavy atom. The van der Waals surface area contributed by atoms with Gasteiger partial charge in [0.1, 0.15) is 0 Å². The van der Waals surface area contributed by atoms with Crippen LogP contribution in [0.5, 0.6) is 0 Å². The number of fused-ring (bicyclic) bond motifs is 6. The van der Waals surface area contributed by atoms with E-state index < -0.39 is 0 Å². The van der Waals surface area contributed by atoms with Crippen molar-refractivity contribution in [3.05, 3.63) is 37.5 Å². The third kappa shape index (κ3) is 4.30. The van der Waals surface area contributed by atoms with E-state index in [9.17, 15) is 0 Å². The number of hydrogen-bond acceptors (Lipinski definition) is 0. The molecule has 0 aromatic heterocycles. The second-order valence-electron chi connectivity index (χ2n) is 10.6. The second-order valence-corrected chi connectivity index (χ2v) is 10.6. The van der Waals surface area contributed by atoms with Crippen LogP contribution in [0.25, 0.3) is 0 Å². The van der Waals surface area contributed by atoms with Crippen LogP contribution in [0.3, 0.4) is 0 Å². The van der Waals surface area contributed by atoms with Gasteiger partial charge in [-0.2, -0.15) is 0 Å². The zero-order valence-corrected chi connectivity index (χ0v) is 17.7. The summed E-state index contributed by atoms with van der Waals surface area (Å²) in [5, 5.41) is 0. The van der Waals surface area contributed by atoms with Gasteiger partial charge >= 0.3 is 0 Å². The van der Waals surface area contributed by atoms with Crippen molar-refractivity contribution in [3.63, 3.8) is 0 Å². The van der Waals surface area contributed by atoms with Crippen LogP contribution in [0.15, 0.2) is 37.5 Å². The molecule has 6 aliphatic carbocycles. The predicted molar refractivity (Wildman–Crippen MR) is 117 cm³/mol. The van der Waals surface area contributed by atoms with E-state index in [1.807, 2.05) is 0 Å². The summed E-state index contributed by atoms with van der Waals surface area (Å²) < 4.78 is 0. The minimum Gasteiger partial charge on any atom is -0.103 e. The van der Waals surface area contributed by atoms with Crippen LogP contribution in [-0.4, -0.2) is 0 Å². The van der Waals surface area contributed by atoms with Crippen molar-refractivity contribution in [1.29, 1.82) is 0 Å². The molecule has 5 saturated carbocycles. The van der Waals surface area contributed by atoms with Crippen molar-refractivity contribution in [2.45, 2.75) is 77.6 Å². The summed E-state index contributed by atoms with van der Waals surface area (Å²) >= 11 is 0. The van der Waals surface area contributed by atoms with Crippen LogP contribution in [0.2, 0.25) is 0 Å². The van der Waals surface area contributed by atoms with Crippen LogP contribution in [0.4, 0.5) is 0 Å². The van der Waals surface area contributed by atoms with Gasteiger partial charge in [0.05, 0.1) is 0 Å². The van der Waals surface area contributed by atoms with Crippen LogP contribution in [0.1, 0.15) is 77.6 Å². The van der Waals surface area contributed by atoms with E-state index in [1.54, 1.807) is 25.7 Å². The number of hydrogen-bond donors (Lipinski definition) is 0. The van der Waals surface area contributed by atoms with Gasteiger partial charge < -0.3 is 0 Å². The summed E-state index contributed by atoms with van der Waals surface area (Å²) in [5.41, 5.74) is 0. The summed E-state index contributed by atoms with van der Waals surface area (Å²) in [6.45, 7) is 10.0. The first-order valence-corrected chi connectivity index (χ1v) is 12.1. The smallest absolute Gasteiger partial charge is 0.0165 e. The normalized spacial score (nSPS) is 47.4. The zero-order valence-electron chi connectivity index (χ0n) is 17.7. The van der Waals surface area contributed by atoms with E-state index >= 15 is 0 Å². The van der Waals surface area contributed by atoms with Crippen molar-refractivity contribution >= 4 is 0 Å². The highest BCUT2D eigenvalue weighted by atomic mass is 14.4. The first-order chi connectivity index (χ1) is 13.2. The standard InChI is InChI=1S/C9H16.C9H14.C9H12/c3*1-2-8-5-7-3-4-9(8)6-7/h7-9H,2-6H2,1H3;2,7-9H,1,3-6H2;2-4,7-9H,1,5-6H2/t3*7?,8-,9?/m000/s1. The van der Waals surface area contributed by atoms with E-state index in [0.29, 0.717) is 0 Å². The molecule has 5 fully saturated rings. The van der Waals surface area contributed by atoms with Crippen LogP contribution >= 0.6 is 0 Å². The van der Waals surface area contributed by atoms with Crippen LogP contribution in [-0.2, 0) is 0 Å². The predicted octanol–water partition coefficient (Wildman–Crippen LogP) is 7.83. The number of rotatable bonds is 3. The molecule has 0 N–H and O–H groups in total. The molecule has 0 heteroatoms. The lowest BCUT2D eigenvalue weighted by Gasteiger charge is -2.18. The van der Waals surface area contributed by atoms with Crippen molar-refractivity contribution in [2.24, 2.45) is 53.3 Å². The highest BCUT2D eigenvalue weighted by Gasteiger charge is 2.38. The van der Waals surface area contributed by atoms with Gasteiger partial charge in [-0.15, -0.1) is 13.2 Å². The molecule has 0 radical (unpaired) electrons. The summed E-state index contributed by atoms with van der Waals surface area (Å²) in [5.74, 6) is 9.00. The summed E-state index contributed by atoms with van der Waals surface area (Å²) in [6.07, 6.45) is 25.5. The Bertz CT molecular complexity index is 542. The molecule has 0 saturated heterocycles. The third-order valence-electron chi connectivity index (χ3n) is 9.14. The summed E-state index contributed by atoms with van der Waals surface area (Å²) in [6, 6.07) is 0. The largest absolute Gasteiger partial charge is 0.103 e. The first kappa shape index (κ1) is 19.5. The van der Waals surface area contributed by atoms with Gasteiger partial charge in [0.25, 0.3) is 0 Å². The van der Waals surface area contributed by atoms with Crippen LogP contribution in [0, 0.1) is 53.3 Å². The van der Waals surface area contributed by atoms with Crippen molar-refractivity contribution < 1.29 is 0 Å². The van der Waals surface area contributed by atoms with Crippen molar-refractivity contribution in [1.82, 2.24) is 0 Å². The molecule has 6 bridgehead atoms. The Balaban J connectivity index is 0.0000001000. The Morgan fingerprint density at radius 1 is 0.741 bits per heavy atom. The molecule has 6 aliphatic rings. The van der Waals surface area contributed by atoms with E-state index in [0.717, 1.165) is 53.3 Å². The number of allylic oxidation sites excluding steroid dienone is 4. The maximum atomic E-state index is 3.86. The van der Waals surface area contributed by atoms with Gasteiger partial charge in [0, 0.05) is 0 Å². The lowest BCUT2D eigenvalue weighted by atomic mass is 9.87. The molecule has 6 rings (SSSR count). The van der Waals surface area contributed by atoms with E-state index in [2.05, 4.69) is 44.4 Å². The van der Waals surface area contributed by atoms with Gasteiger partial charge in [-0.05, 0) is 105 Å². The molecule has 9 atom stereocenters. The van der Waals surface area contributed by atoms with Gasteiger partial charge in [-0.3, -0.25) is 0 Å². The Kier molecular flexibility index (Phi) is 6.30. The Hall–Kier alpha value is -0.780. The maximum absolute atomic E-state index is 3.86. The molecule has 0 nitrogen and oxygen atoms in total. The molecule has 0 spiro atoms. The molecule has 27 heavy (non-hydrogen) atoms. The fourth-order valence-corrected chi connectivity index (χ4v) is 7.55. The summed E-state index contributed by atoms with van der Waals surface area (Å²) in [7, 11) is 0. The van der Waals surface area contributed by atoms with E-state index in [1.165, 1.54) is 44.9 Å². The average molecular weight is 367 g/mol. The van der Waals surface area contributed by atoms with Crippen molar-refractivity contribution in [3.8, 4) is 0 Å². The van der Waals surface area contributed by atoms with Gasteiger partial charge in [0.15, 0.2) is 0 Å². The zero-order chi connectivity index (χ0) is 18.8. The molecule has 0 heterocycles. The first-order valence-electron chi connectivity index (χ1n) is 12.1. The monoisotopic (exact) mass is 366 g/mol. The van der Waals surface area contributed by atoms with E-state index in [-0.39, 0.29) is 0 Å². The molecular weight excluding hydrogens is 324 g/mol. The topological polar surface area (TPSA) is 0 Å². The highest BCUT2D eigenvalue weighted by molar-refractivity contribution is 5.13. The summed E-state index contributed by atoms with van der Waals surface area (Å²) in [4.78, 5) is 0. The molecule has 150 valence electrons. The molecule has 0 aliphatic heterocycles. The Labute approximate surface area is 168 Å². The molecule has 6 unspecified atom stereocenters. The van der Waals surface area contributed by atoms with E-state index in [4.69, 9.17) is 0 Å². The molecule has 0 aromatic carbocycles. The molecular formula is C27H42. The van der Waals surface area contributed by atoms with Gasteiger partial charge in [-0.25, -0.2) is 0 Å². The Morgan fingerprint density at radius 3 is 1.74 bits per heavy atom. The SMILES string of the molecule is C=C[C@H]1CC2C=CC1C2.C=C[C@H]1CC2CCC1C2.CC[C@H]1CC2CCC1C2. The van der Waals surface area contributed by atoms with Crippen molar-refractivity contribution in [2.75, 3.05) is 0 Å². The van der Waals surface area contributed by atoms with Crippen LogP contribution < -0.4 is 0 Å². The fourth-order valence-electron chi connectivity index (χ4n) is 7.55.